The van der Waals surface area contributed by atoms with Crippen LogP contribution in [-0.4, -0.2) is 46.5 Å². The minimum Gasteiger partial charge on any atom is -0.392 e. The molecule has 0 radical (unpaired) electrons. The van der Waals surface area contributed by atoms with Crippen molar-refractivity contribution in [2.45, 2.75) is 38.7 Å². The highest BCUT2D eigenvalue weighted by molar-refractivity contribution is 5.96. The predicted octanol–water partition coefficient (Wildman–Crippen LogP) is 1.81. The molecule has 1 aromatic heterocycles. The van der Waals surface area contributed by atoms with Crippen molar-refractivity contribution in [2.75, 3.05) is 19.6 Å². The molecule has 0 spiro atoms. The Morgan fingerprint density at radius 3 is 3.16 bits per heavy atom. The van der Waals surface area contributed by atoms with E-state index in [9.17, 15) is 9.90 Å². The number of piperidine rings is 1. The molecule has 2 rings (SSSR count). The number of nitrogens with zero attached hydrogens (tertiary/aromatic N) is 2. The van der Waals surface area contributed by atoms with E-state index in [2.05, 4.69) is 9.88 Å². The molecule has 0 amide bonds. The molecular formula is C15H22N2O2. The predicted molar refractivity (Wildman–Crippen MR) is 74.2 cm³/mol. The van der Waals surface area contributed by atoms with Crippen molar-refractivity contribution in [3.05, 3.63) is 29.6 Å². The Bertz CT molecular complexity index is 434. The Kier molecular flexibility index (Phi) is 5.05. The summed E-state index contributed by atoms with van der Waals surface area (Å²) in [5, 5.41) is 9.59. The van der Waals surface area contributed by atoms with Crippen molar-refractivity contribution < 1.29 is 9.90 Å². The molecule has 1 aliphatic heterocycles. The third-order valence-corrected chi connectivity index (χ3v) is 3.67. The van der Waals surface area contributed by atoms with Crippen LogP contribution in [0.1, 0.15) is 41.7 Å². The molecule has 0 saturated carbocycles. The van der Waals surface area contributed by atoms with Crippen molar-refractivity contribution in [3.8, 4) is 0 Å². The summed E-state index contributed by atoms with van der Waals surface area (Å²) in [5.41, 5.74) is 1.54. The zero-order valence-corrected chi connectivity index (χ0v) is 11.5. The molecule has 1 N–H and O–H groups in total. The normalized spacial score (nSPS) is 20.4. The van der Waals surface area contributed by atoms with Crippen LogP contribution in [0.5, 0.6) is 0 Å². The van der Waals surface area contributed by atoms with Gasteiger partial charge in [-0.3, -0.25) is 9.78 Å². The van der Waals surface area contributed by atoms with E-state index in [1.54, 1.807) is 12.3 Å². The number of aryl methyl sites for hydroxylation is 1. The molecule has 4 nitrogen and oxygen atoms in total. The lowest BCUT2D eigenvalue weighted by Gasteiger charge is -2.29. The van der Waals surface area contributed by atoms with E-state index < -0.39 is 0 Å². The second kappa shape index (κ2) is 6.78. The number of ketones is 1. The van der Waals surface area contributed by atoms with Gasteiger partial charge in [-0.25, -0.2) is 0 Å². The Morgan fingerprint density at radius 1 is 1.58 bits per heavy atom. The number of rotatable bonds is 5. The lowest BCUT2D eigenvalue weighted by molar-refractivity contribution is 0.0692. The SMILES string of the molecule is Cc1ncccc1C(=O)CCCN1CCCC(O)C1. The quantitative estimate of drug-likeness (QED) is 0.822. The molecule has 104 valence electrons. The first-order valence-electron chi connectivity index (χ1n) is 7.02. The Hall–Kier alpha value is -1.26. The lowest BCUT2D eigenvalue weighted by Crippen LogP contribution is -2.38. The average Bonchev–Trinajstić information content (AvgIpc) is 2.39. The van der Waals surface area contributed by atoms with Gasteiger partial charge in [-0.15, -0.1) is 0 Å². The van der Waals surface area contributed by atoms with Gasteiger partial charge in [-0.2, -0.15) is 0 Å². The fraction of sp³-hybridized carbons (Fsp3) is 0.600. The third-order valence-electron chi connectivity index (χ3n) is 3.67. The van der Waals surface area contributed by atoms with Crippen LogP contribution in [0.2, 0.25) is 0 Å². The molecule has 0 bridgehead atoms. The van der Waals surface area contributed by atoms with Crippen LogP contribution in [0.15, 0.2) is 18.3 Å². The Balaban J connectivity index is 1.76. The van der Waals surface area contributed by atoms with Crippen molar-refractivity contribution in [1.82, 2.24) is 9.88 Å². The summed E-state index contributed by atoms with van der Waals surface area (Å²) in [6.45, 7) is 4.55. The molecule has 2 heterocycles. The molecule has 1 aliphatic rings. The first-order chi connectivity index (χ1) is 9.16. The molecule has 1 atom stereocenters. The second-order valence-corrected chi connectivity index (χ2v) is 5.26. The van der Waals surface area contributed by atoms with E-state index in [1.165, 1.54) is 0 Å². The molecule has 1 saturated heterocycles. The summed E-state index contributed by atoms with van der Waals surface area (Å²) in [6, 6.07) is 3.65. The number of Topliss-reactive ketones (excluding diaryl/α,β-unsaturated/α-hetero) is 1. The number of pyridine rings is 1. The lowest BCUT2D eigenvalue weighted by atomic mass is 10.0. The number of carbonyl (C=O) groups is 1. The summed E-state index contributed by atoms with van der Waals surface area (Å²) in [6.07, 6.45) is 4.88. The number of aliphatic hydroxyl groups is 1. The number of likely N-dealkylation sites (tertiary alicyclic amines) is 1. The van der Waals surface area contributed by atoms with Crippen molar-refractivity contribution >= 4 is 5.78 Å². The zero-order valence-electron chi connectivity index (χ0n) is 11.5. The maximum absolute atomic E-state index is 12.1. The number of carbonyl (C=O) groups excluding carboxylic acids is 1. The van der Waals surface area contributed by atoms with Crippen LogP contribution in [0.25, 0.3) is 0 Å². The van der Waals surface area contributed by atoms with Gasteiger partial charge in [-0.05, 0) is 51.4 Å². The van der Waals surface area contributed by atoms with E-state index in [0.29, 0.717) is 6.42 Å². The van der Waals surface area contributed by atoms with Crippen LogP contribution in [0.3, 0.4) is 0 Å². The minimum atomic E-state index is -0.190. The van der Waals surface area contributed by atoms with Crippen LogP contribution in [0, 0.1) is 6.92 Å². The average molecular weight is 262 g/mol. The third kappa shape index (κ3) is 4.11. The standard InChI is InChI=1S/C15H22N2O2/c1-12-14(6-2-8-16-12)15(19)7-4-10-17-9-3-5-13(18)11-17/h2,6,8,13,18H,3-5,7,9-11H2,1H3. The smallest absolute Gasteiger partial charge is 0.164 e. The first-order valence-corrected chi connectivity index (χ1v) is 7.02. The van der Waals surface area contributed by atoms with Gasteiger partial charge in [0.2, 0.25) is 0 Å². The highest BCUT2D eigenvalue weighted by atomic mass is 16.3. The Morgan fingerprint density at radius 2 is 2.42 bits per heavy atom. The van der Waals surface area contributed by atoms with Gasteiger partial charge in [0.05, 0.1) is 6.10 Å². The van der Waals surface area contributed by atoms with E-state index in [4.69, 9.17) is 0 Å². The molecule has 1 unspecified atom stereocenters. The number of aromatic nitrogens is 1. The zero-order chi connectivity index (χ0) is 13.7. The molecule has 1 fully saturated rings. The highest BCUT2D eigenvalue weighted by Crippen LogP contribution is 2.12. The molecule has 0 aliphatic carbocycles. The maximum atomic E-state index is 12.1. The van der Waals surface area contributed by atoms with Crippen LogP contribution < -0.4 is 0 Å². The summed E-state index contributed by atoms with van der Waals surface area (Å²) in [5.74, 6) is 0.170. The van der Waals surface area contributed by atoms with E-state index in [0.717, 1.165) is 50.2 Å². The van der Waals surface area contributed by atoms with E-state index in [-0.39, 0.29) is 11.9 Å². The number of aliphatic hydroxyl groups excluding tert-OH is 1. The van der Waals surface area contributed by atoms with Gasteiger partial charge >= 0.3 is 0 Å². The van der Waals surface area contributed by atoms with Crippen molar-refractivity contribution in [3.63, 3.8) is 0 Å². The van der Waals surface area contributed by atoms with Crippen molar-refractivity contribution in [2.24, 2.45) is 0 Å². The van der Waals surface area contributed by atoms with Crippen LogP contribution >= 0.6 is 0 Å². The molecule has 1 aromatic rings. The second-order valence-electron chi connectivity index (χ2n) is 5.26. The molecule has 0 aromatic carbocycles. The summed E-state index contributed by atoms with van der Waals surface area (Å²) >= 11 is 0. The highest BCUT2D eigenvalue weighted by Gasteiger charge is 2.17. The molecule has 19 heavy (non-hydrogen) atoms. The van der Waals surface area contributed by atoms with Crippen LogP contribution in [-0.2, 0) is 0 Å². The number of β-amino-alcohol motifs (C(OH)–C–C–N with tert-alkyl or cyclic N) is 1. The number of hydrogen-bond acceptors (Lipinski definition) is 4. The van der Waals surface area contributed by atoms with Gasteiger partial charge in [0, 0.05) is 30.4 Å². The largest absolute Gasteiger partial charge is 0.392 e. The monoisotopic (exact) mass is 262 g/mol. The van der Waals surface area contributed by atoms with Crippen molar-refractivity contribution in [1.29, 1.82) is 0 Å². The van der Waals surface area contributed by atoms with Gasteiger partial charge < -0.3 is 10.0 Å². The van der Waals surface area contributed by atoms with E-state index in [1.807, 2.05) is 13.0 Å². The van der Waals surface area contributed by atoms with Gasteiger partial charge in [-0.1, -0.05) is 0 Å². The summed E-state index contributed by atoms with van der Waals surface area (Å²) in [7, 11) is 0. The maximum Gasteiger partial charge on any atom is 0.164 e. The summed E-state index contributed by atoms with van der Waals surface area (Å²) in [4.78, 5) is 18.5. The topological polar surface area (TPSA) is 53.4 Å². The molecular weight excluding hydrogens is 240 g/mol. The van der Waals surface area contributed by atoms with E-state index >= 15 is 0 Å². The number of hydrogen-bond donors (Lipinski definition) is 1. The first kappa shape index (κ1) is 14.2. The van der Waals surface area contributed by atoms with Gasteiger partial charge in [0.25, 0.3) is 0 Å². The minimum absolute atomic E-state index is 0.170. The fourth-order valence-electron chi connectivity index (χ4n) is 2.61. The molecule has 4 heteroatoms. The van der Waals surface area contributed by atoms with Crippen LogP contribution in [0.4, 0.5) is 0 Å². The Labute approximate surface area is 114 Å². The van der Waals surface area contributed by atoms with Gasteiger partial charge in [0.15, 0.2) is 5.78 Å². The van der Waals surface area contributed by atoms with Gasteiger partial charge in [0.1, 0.15) is 0 Å². The summed E-state index contributed by atoms with van der Waals surface area (Å²) < 4.78 is 0. The fourth-order valence-corrected chi connectivity index (χ4v) is 2.61.